The second kappa shape index (κ2) is 17.5. The first-order valence-electron chi connectivity index (χ1n) is 23.3. The number of hydrogen-bond acceptors (Lipinski definition) is 8. The first-order chi connectivity index (χ1) is 30.0. The van der Waals surface area contributed by atoms with Crippen LogP contribution in [0.4, 0.5) is 4.79 Å². The summed E-state index contributed by atoms with van der Waals surface area (Å²) in [6.07, 6.45) is 13.8. The Hall–Kier alpha value is -4.96. The van der Waals surface area contributed by atoms with E-state index >= 15 is 0 Å². The van der Waals surface area contributed by atoms with Crippen LogP contribution < -0.4 is 19.5 Å². The minimum atomic E-state index is -0.782. The third kappa shape index (κ3) is 9.34. The van der Waals surface area contributed by atoms with Crippen LogP contribution in [0.3, 0.4) is 0 Å². The van der Waals surface area contributed by atoms with Crippen LogP contribution in [0.25, 0.3) is 12.2 Å². The Bertz CT molecular complexity index is 2200. The average Bonchev–Trinajstić information content (AvgIpc) is 4.01. The zero-order chi connectivity index (χ0) is 44.7. The van der Waals surface area contributed by atoms with Crippen molar-refractivity contribution in [1.82, 2.24) is 20.0 Å². The predicted octanol–water partition coefficient (Wildman–Crippen LogP) is 10.6. The van der Waals surface area contributed by atoms with E-state index < -0.39 is 11.4 Å². The van der Waals surface area contributed by atoms with Gasteiger partial charge in [-0.25, -0.2) is 4.79 Å². The number of rotatable bonds is 8. The number of piperazine rings is 1. The number of carbonyl (C=O) groups is 2. The number of nitrogens with one attached hydrogen (secondary N) is 1. The Kier molecular flexibility index (Phi) is 12.4. The second-order valence-corrected chi connectivity index (χ2v) is 20.8. The van der Waals surface area contributed by atoms with Gasteiger partial charge in [0.25, 0.3) is 5.91 Å². The van der Waals surface area contributed by atoms with E-state index in [0.717, 1.165) is 38.4 Å². The predicted molar refractivity (Wildman–Crippen MR) is 250 cm³/mol. The molecule has 3 aromatic carbocycles. The maximum atomic E-state index is 13.8. The molecule has 4 heterocycles. The molecular formula is C53H70N4O6. The summed E-state index contributed by atoms with van der Waals surface area (Å²) in [6, 6.07) is 25.6. The molecule has 4 aliphatic heterocycles. The fourth-order valence-electron chi connectivity index (χ4n) is 11.6. The van der Waals surface area contributed by atoms with Crippen LogP contribution in [0.15, 0.2) is 84.1 Å². The Morgan fingerprint density at radius 2 is 1.63 bits per heavy atom. The van der Waals surface area contributed by atoms with Crippen molar-refractivity contribution in [2.45, 2.75) is 142 Å². The highest BCUT2D eigenvalue weighted by molar-refractivity contribution is 5.96. The van der Waals surface area contributed by atoms with Gasteiger partial charge in [0.05, 0.1) is 13.7 Å². The molecule has 5 fully saturated rings. The number of hydrogen-bond donors (Lipinski definition) is 1. The van der Waals surface area contributed by atoms with E-state index in [4.69, 9.17) is 18.9 Å². The van der Waals surface area contributed by atoms with Crippen molar-refractivity contribution in [2.75, 3.05) is 33.3 Å². The van der Waals surface area contributed by atoms with Crippen LogP contribution in [-0.4, -0.2) is 95.0 Å². The van der Waals surface area contributed by atoms with Crippen LogP contribution in [0.5, 0.6) is 17.2 Å². The number of carbonyl (C=O) groups excluding carboxylic acids is 2. The first-order valence-corrected chi connectivity index (χ1v) is 23.3. The number of ether oxygens (including phenoxy) is 4. The van der Waals surface area contributed by atoms with Gasteiger partial charge >= 0.3 is 6.09 Å². The minimum Gasteiger partial charge on any atom is -0.493 e. The molecular weight excluding hydrogens is 789 g/mol. The smallest absolute Gasteiger partial charge is 0.411 e. The highest BCUT2D eigenvalue weighted by atomic mass is 16.7. The van der Waals surface area contributed by atoms with E-state index in [0.29, 0.717) is 41.4 Å². The maximum absolute atomic E-state index is 13.8. The molecule has 6 atom stereocenters. The van der Waals surface area contributed by atoms with Gasteiger partial charge in [-0.15, -0.1) is 0 Å². The molecule has 3 aromatic rings. The molecule has 10 nitrogen and oxygen atoms in total. The lowest BCUT2D eigenvalue weighted by atomic mass is 9.75. The molecule has 10 heteroatoms. The highest BCUT2D eigenvalue weighted by Crippen LogP contribution is 2.58. The molecule has 1 N–H and O–H groups in total. The number of methoxy groups -OCH3 is 1. The Morgan fingerprint density at radius 3 is 2.33 bits per heavy atom. The Labute approximate surface area is 376 Å². The topological polar surface area (TPSA) is 92.8 Å². The lowest BCUT2D eigenvalue weighted by molar-refractivity contribution is -0.0439. The van der Waals surface area contributed by atoms with E-state index in [9.17, 15) is 9.59 Å². The van der Waals surface area contributed by atoms with Crippen molar-refractivity contribution >= 4 is 24.2 Å². The fraction of sp³-hybridized carbons (Fsp3) is 0.547. The van der Waals surface area contributed by atoms with Crippen LogP contribution in [-0.2, 0) is 4.74 Å². The molecule has 0 spiro atoms. The van der Waals surface area contributed by atoms with Gasteiger partial charge in [0.2, 0.25) is 11.5 Å². The third-order valence-electron chi connectivity index (χ3n) is 14.5. The Balaban J connectivity index is 0.000000176. The van der Waals surface area contributed by atoms with Gasteiger partial charge in [0.1, 0.15) is 5.60 Å². The zero-order valence-corrected chi connectivity index (χ0v) is 39.2. The summed E-state index contributed by atoms with van der Waals surface area (Å²) in [4.78, 5) is 33.7. The highest BCUT2D eigenvalue weighted by Gasteiger charge is 2.62. The van der Waals surface area contributed by atoms with E-state index in [2.05, 4.69) is 96.6 Å². The molecule has 3 saturated heterocycles. The zero-order valence-electron chi connectivity index (χ0n) is 39.2. The van der Waals surface area contributed by atoms with Gasteiger partial charge in [-0.3, -0.25) is 9.69 Å². The number of amides is 2. The molecule has 2 aliphatic carbocycles. The largest absolute Gasteiger partial charge is 0.493 e. The van der Waals surface area contributed by atoms with Crippen LogP contribution in [0, 0.1) is 11.3 Å². The first kappa shape index (κ1) is 44.6. The second-order valence-electron chi connectivity index (χ2n) is 20.8. The van der Waals surface area contributed by atoms with E-state index in [1.54, 1.807) is 19.2 Å². The van der Waals surface area contributed by atoms with Crippen molar-refractivity contribution in [3.63, 3.8) is 0 Å². The van der Waals surface area contributed by atoms with Gasteiger partial charge in [-0.2, -0.15) is 0 Å². The average molecular weight is 859 g/mol. The number of nitrogens with zero attached hydrogens (tertiary/aromatic N) is 3. The van der Waals surface area contributed by atoms with E-state index in [1.807, 2.05) is 51.7 Å². The molecule has 338 valence electrons. The van der Waals surface area contributed by atoms with Crippen molar-refractivity contribution in [2.24, 2.45) is 11.3 Å². The summed E-state index contributed by atoms with van der Waals surface area (Å²) in [5.41, 5.74) is 5.09. The molecule has 2 amide bonds. The Morgan fingerprint density at radius 1 is 0.921 bits per heavy atom. The summed E-state index contributed by atoms with van der Waals surface area (Å²) < 4.78 is 23.2. The van der Waals surface area contributed by atoms with Crippen molar-refractivity contribution in [1.29, 1.82) is 0 Å². The number of likely N-dealkylation sites (tertiary alicyclic amines) is 1. The van der Waals surface area contributed by atoms with Gasteiger partial charge in [0.15, 0.2) is 11.5 Å². The molecule has 2 saturated carbocycles. The molecule has 0 aromatic heterocycles. The third-order valence-corrected chi connectivity index (χ3v) is 14.5. The number of benzene rings is 3. The van der Waals surface area contributed by atoms with Crippen LogP contribution in [0.2, 0.25) is 0 Å². The van der Waals surface area contributed by atoms with E-state index in [1.165, 1.54) is 60.9 Å². The standard InChI is InChI=1S/C28H32N2O4.C25H38N2O2/c1-28(2)33-25-15-20(14-24(32-3)26(25)34-28)27(31)29-16-21(12-18-8-5-4-6-9-18)30-22(17-29)13-19-10-7-11-23(19)30;1-19(15-20-11-8-7-9-12-20)17-26-18-21-16-24(5)13-10-14-25(24,6)27(21)22(28)29-23(2,3)4/h4-6,8-9,12,14-15,19,22-23H,7,10-11,13,16-17H2,1-3H3;7-9,11-12,15,21,26H,10,13-14,16-18H2,1-6H3/b21-12-;19-15+/t19-,22-,23-;21-,24-,25-/m00/s1. The molecule has 6 aliphatic rings. The molecule has 63 heavy (non-hydrogen) atoms. The van der Waals surface area contributed by atoms with Gasteiger partial charge < -0.3 is 34.1 Å². The SMILES string of the molecule is C/C(=C\c1ccccc1)CNC[C@@H]1C[C@]2(C)CCC[C@]2(C)N1C(=O)OC(C)(C)C.COc1cc(C(=O)N2C/C(=C/c3ccccc3)N3[C@@H](C[C@@H]4CCC[C@@H]43)C2)cc2c1OC(C)(C)O2. The van der Waals surface area contributed by atoms with Gasteiger partial charge in [0, 0.05) is 68.4 Å². The molecule has 0 unspecified atom stereocenters. The van der Waals surface area contributed by atoms with Crippen molar-refractivity contribution in [3.05, 3.63) is 101 Å². The van der Waals surface area contributed by atoms with Gasteiger partial charge in [-0.1, -0.05) is 92.1 Å². The maximum Gasteiger partial charge on any atom is 0.411 e. The fourth-order valence-corrected chi connectivity index (χ4v) is 11.6. The van der Waals surface area contributed by atoms with Crippen LogP contribution in [0.1, 0.15) is 128 Å². The summed E-state index contributed by atoms with van der Waals surface area (Å²) in [5.74, 6) is 1.61. The lowest BCUT2D eigenvalue weighted by Gasteiger charge is -2.43. The van der Waals surface area contributed by atoms with Crippen molar-refractivity contribution < 1.29 is 28.5 Å². The van der Waals surface area contributed by atoms with Crippen LogP contribution >= 0.6 is 0 Å². The summed E-state index contributed by atoms with van der Waals surface area (Å²) in [5, 5.41) is 3.60. The normalized spacial score (nSPS) is 28.6. The lowest BCUT2D eigenvalue weighted by Crippen LogP contribution is -2.54. The molecule has 9 rings (SSSR count). The van der Waals surface area contributed by atoms with E-state index in [-0.39, 0.29) is 29.0 Å². The summed E-state index contributed by atoms with van der Waals surface area (Å²) in [7, 11) is 1.59. The van der Waals surface area contributed by atoms with Crippen molar-refractivity contribution in [3.8, 4) is 17.2 Å². The number of fused-ring (bicyclic) bond motifs is 5. The quantitative estimate of drug-likeness (QED) is 0.239. The monoisotopic (exact) mass is 859 g/mol. The summed E-state index contributed by atoms with van der Waals surface area (Å²) in [6.45, 7) is 19.3. The van der Waals surface area contributed by atoms with Gasteiger partial charge in [-0.05, 0) is 114 Å². The molecule has 0 radical (unpaired) electrons. The minimum absolute atomic E-state index is 0.00470. The summed E-state index contributed by atoms with van der Waals surface area (Å²) >= 11 is 0. The molecule has 0 bridgehead atoms.